The van der Waals surface area contributed by atoms with Gasteiger partial charge in [-0.25, -0.2) is 0 Å². The molecule has 0 atom stereocenters. The summed E-state index contributed by atoms with van der Waals surface area (Å²) in [5.41, 5.74) is 1.84. The van der Waals surface area contributed by atoms with Gasteiger partial charge >= 0.3 is 0 Å². The van der Waals surface area contributed by atoms with E-state index < -0.39 is 0 Å². The van der Waals surface area contributed by atoms with Gasteiger partial charge in [0.2, 0.25) is 0 Å². The number of hydrogen-bond acceptors (Lipinski definition) is 0. The summed E-state index contributed by atoms with van der Waals surface area (Å²) < 4.78 is 0. The lowest BCUT2D eigenvalue weighted by atomic mass is 9.69. The fourth-order valence-electron chi connectivity index (χ4n) is 1.83. The molecule has 0 aromatic carbocycles. The molecule has 0 aliphatic heterocycles. The van der Waals surface area contributed by atoms with E-state index in [1.807, 2.05) is 0 Å². The van der Waals surface area contributed by atoms with Gasteiger partial charge in [0.05, 0.1) is 0 Å². The van der Waals surface area contributed by atoms with Crippen LogP contribution in [0, 0.1) is 11.3 Å². The van der Waals surface area contributed by atoms with Crippen molar-refractivity contribution in [2.45, 2.75) is 46.5 Å². The minimum Gasteiger partial charge on any atom is -0.0996 e. The summed E-state index contributed by atoms with van der Waals surface area (Å²) >= 11 is 0. The molecule has 0 spiro atoms. The molecule has 0 heteroatoms. The van der Waals surface area contributed by atoms with Gasteiger partial charge in [-0.3, -0.25) is 0 Å². The van der Waals surface area contributed by atoms with Crippen LogP contribution in [0.4, 0.5) is 0 Å². The summed E-state index contributed by atoms with van der Waals surface area (Å²) in [6, 6.07) is 0. The zero-order valence-electron chi connectivity index (χ0n) is 8.11. The summed E-state index contributed by atoms with van der Waals surface area (Å²) in [6.45, 7) is 11.0. The van der Waals surface area contributed by atoms with Gasteiger partial charge in [0.25, 0.3) is 0 Å². The molecule has 11 heavy (non-hydrogen) atoms. The first-order chi connectivity index (χ1) is 5.04. The second kappa shape index (κ2) is 3.00. The van der Waals surface area contributed by atoms with Crippen LogP contribution >= 0.6 is 0 Å². The first kappa shape index (κ1) is 8.83. The molecule has 1 saturated carbocycles. The van der Waals surface area contributed by atoms with Crippen molar-refractivity contribution in [1.82, 2.24) is 0 Å². The Bertz CT molecular complexity index is 147. The van der Waals surface area contributed by atoms with Gasteiger partial charge in [-0.05, 0) is 43.9 Å². The van der Waals surface area contributed by atoms with Crippen molar-refractivity contribution in [3.63, 3.8) is 0 Å². The van der Waals surface area contributed by atoms with E-state index in [0.717, 1.165) is 5.92 Å². The van der Waals surface area contributed by atoms with Crippen molar-refractivity contribution < 1.29 is 0 Å². The molecule has 0 bridgehead atoms. The van der Waals surface area contributed by atoms with Gasteiger partial charge in [-0.1, -0.05) is 26.0 Å². The largest absolute Gasteiger partial charge is 0.0996 e. The van der Waals surface area contributed by atoms with Crippen LogP contribution in [0.3, 0.4) is 0 Å². The Morgan fingerprint density at radius 1 is 1.36 bits per heavy atom. The highest BCUT2D eigenvalue weighted by Crippen LogP contribution is 2.42. The molecule has 1 aliphatic rings. The fourth-order valence-corrected chi connectivity index (χ4v) is 1.83. The average molecular weight is 152 g/mol. The van der Waals surface area contributed by atoms with Crippen molar-refractivity contribution in [3.8, 4) is 0 Å². The molecule has 1 fully saturated rings. The SMILES string of the molecule is C=C(C)C1(C)CCC(C)CC1. The fraction of sp³-hybridized carbons (Fsp3) is 0.818. The zero-order valence-corrected chi connectivity index (χ0v) is 8.11. The van der Waals surface area contributed by atoms with Crippen molar-refractivity contribution in [1.29, 1.82) is 0 Å². The Morgan fingerprint density at radius 3 is 2.18 bits per heavy atom. The molecule has 0 radical (unpaired) electrons. The van der Waals surface area contributed by atoms with Crippen molar-refractivity contribution >= 4 is 0 Å². The Morgan fingerprint density at radius 2 is 1.82 bits per heavy atom. The van der Waals surface area contributed by atoms with Gasteiger partial charge in [0.1, 0.15) is 0 Å². The van der Waals surface area contributed by atoms with E-state index in [0.29, 0.717) is 5.41 Å². The molecule has 0 heterocycles. The molecule has 0 amide bonds. The third kappa shape index (κ3) is 1.85. The maximum absolute atomic E-state index is 4.08. The van der Waals surface area contributed by atoms with Crippen LogP contribution in [0.25, 0.3) is 0 Å². The smallest absolute Gasteiger partial charge is 0.0122 e. The maximum Gasteiger partial charge on any atom is -0.0122 e. The van der Waals surface area contributed by atoms with E-state index in [4.69, 9.17) is 0 Å². The van der Waals surface area contributed by atoms with E-state index in [9.17, 15) is 0 Å². The van der Waals surface area contributed by atoms with Crippen molar-refractivity contribution in [2.24, 2.45) is 11.3 Å². The molecular formula is C11H20. The van der Waals surface area contributed by atoms with Crippen molar-refractivity contribution in [3.05, 3.63) is 12.2 Å². The van der Waals surface area contributed by atoms with Crippen LogP contribution in [0.1, 0.15) is 46.5 Å². The molecule has 0 saturated heterocycles. The highest BCUT2D eigenvalue weighted by atomic mass is 14.3. The monoisotopic (exact) mass is 152 g/mol. The van der Waals surface area contributed by atoms with Crippen LogP contribution in [-0.4, -0.2) is 0 Å². The lowest BCUT2D eigenvalue weighted by Crippen LogP contribution is -2.24. The minimum atomic E-state index is 0.465. The van der Waals surface area contributed by atoms with E-state index in [1.54, 1.807) is 0 Å². The lowest BCUT2D eigenvalue weighted by Gasteiger charge is -2.36. The Balaban J connectivity index is 2.55. The molecule has 0 aromatic rings. The topological polar surface area (TPSA) is 0 Å². The standard InChI is InChI=1S/C11H20/c1-9(2)11(4)7-5-10(3)6-8-11/h10H,1,5-8H2,2-4H3. The summed E-state index contributed by atoms with van der Waals surface area (Å²) in [7, 11) is 0. The summed E-state index contributed by atoms with van der Waals surface area (Å²) in [6.07, 6.45) is 5.49. The zero-order chi connectivity index (χ0) is 8.48. The third-order valence-corrected chi connectivity index (χ3v) is 3.41. The molecule has 0 aromatic heterocycles. The van der Waals surface area contributed by atoms with Gasteiger partial charge in [0.15, 0.2) is 0 Å². The average Bonchev–Trinajstić information content (AvgIpc) is 1.95. The maximum atomic E-state index is 4.08. The van der Waals surface area contributed by atoms with Crippen LogP contribution in [0.15, 0.2) is 12.2 Å². The van der Waals surface area contributed by atoms with E-state index in [1.165, 1.54) is 31.3 Å². The second-order valence-electron chi connectivity index (χ2n) is 4.52. The Hall–Kier alpha value is -0.260. The Kier molecular flexibility index (Phi) is 2.41. The van der Waals surface area contributed by atoms with Crippen LogP contribution in [-0.2, 0) is 0 Å². The van der Waals surface area contributed by atoms with Gasteiger partial charge in [-0.15, -0.1) is 0 Å². The molecular weight excluding hydrogens is 132 g/mol. The minimum absolute atomic E-state index is 0.465. The second-order valence-corrected chi connectivity index (χ2v) is 4.52. The normalized spacial score (nSPS) is 38.6. The molecule has 64 valence electrons. The Labute approximate surface area is 70.7 Å². The van der Waals surface area contributed by atoms with Crippen LogP contribution in [0.2, 0.25) is 0 Å². The first-order valence-electron chi connectivity index (χ1n) is 4.70. The quantitative estimate of drug-likeness (QED) is 0.502. The van der Waals surface area contributed by atoms with Crippen LogP contribution in [0.5, 0.6) is 0 Å². The predicted octanol–water partition coefficient (Wildman–Crippen LogP) is 3.78. The number of rotatable bonds is 1. The van der Waals surface area contributed by atoms with Crippen molar-refractivity contribution in [2.75, 3.05) is 0 Å². The van der Waals surface area contributed by atoms with E-state index in [-0.39, 0.29) is 0 Å². The van der Waals surface area contributed by atoms with Gasteiger partial charge < -0.3 is 0 Å². The van der Waals surface area contributed by atoms with Gasteiger partial charge in [-0.2, -0.15) is 0 Å². The van der Waals surface area contributed by atoms with E-state index in [2.05, 4.69) is 27.4 Å². The number of allylic oxidation sites excluding steroid dienone is 1. The molecule has 1 aliphatic carbocycles. The lowest BCUT2D eigenvalue weighted by molar-refractivity contribution is 0.220. The summed E-state index contributed by atoms with van der Waals surface area (Å²) in [5, 5.41) is 0. The molecule has 0 nitrogen and oxygen atoms in total. The number of hydrogen-bond donors (Lipinski definition) is 0. The van der Waals surface area contributed by atoms with Crippen LogP contribution < -0.4 is 0 Å². The highest BCUT2D eigenvalue weighted by Gasteiger charge is 2.29. The summed E-state index contributed by atoms with van der Waals surface area (Å²) in [5.74, 6) is 0.947. The molecule has 0 unspecified atom stereocenters. The highest BCUT2D eigenvalue weighted by molar-refractivity contribution is 5.06. The predicted molar refractivity (Wildman–Crippen MR) is 50.6 cm³/mol. The first-order valence-corrected chi connectivity index (χ1v) is 4.70. The molecule has 1 rings (SSSR count). The summed E-state index contributed by atoms with van der Waals surface area (Å²) in [4.78, 5) is 0. The third-order valence-electron chi connectivity index (χ3n) is 3.41. The van der Waals surface area contributed by atoms with E-state index >= 15 is 0 Å². The van der Waals surface area contributed by atoms with Gasteiger partial charge in [0, 0.05) is 0 Å². The molecule has 0 N–H and O–H groups in total.